The summed E-state index contributed by atoms with van der Waals surface area (Å²) in [5, 5.41) is 10.2. The van der Waals surface area contributed by atoms with Crippen molar-refractivity contribution >= 4 is 22.3 Å². The van der Waals surface area contributed by atoms with Gasteiger partial charge in [0, 0.05) is 40.7 Å². The highest BCUT2D eigenvalue weighted by atomic mass is 16.5. The Kier molecular flexibility index (Phi) is 4.20. The molecule has 1 aliphatic carbocycles. The van der Waals surface area contributed by atoms with Crippen LogP contribution in [0.1, 0.15) is 58.6 Å². The Morgan fingerprint density at radius 1 is 1.19 bits per heavy atom. The van der Waals surface area contributed by atoms with Gasteiger partial charge in [-0.05, 0) is 41.3 Å². The van der Waals surface area contributed by atoms with Crippen molar-refractivity contribution < 1.29 is 9.53 Å². The topological polar surface area (TPSA) is 69.1 Å². The first-order chi connectivity index (χ1) is 15.5. The minimum atomic E-state index is -0.328. The van der Waals surface area contributed by atoms with Crippen molar-refractivity contribution in [3.05, 3.63) is 76.0 Å². The minimum Gasteiger partial charge on any atom is -0.378 e. The number of nitriles is 1. The van der Waals surface area contributed by atoms with Gasteiger partial charge in [0.15, 0.2) is 5.78 Å². The van der Waals surface area contributed by atoms with Crippen LogP contribution in [0.2, 0.25) is 0 Å². The van der Waals surface area contributed by atoms with E-state index in [0.29, 0.717) is 11.6 Å². The van der Waals surface area contributed by atoms with Crippen LogP contribution in [0.3, 0.4) is 0 Å². The Balaban J connectivity index is 1.42. The van der Waals surface area contributed by atoms with Crippen molar-refractivity contribution in [2.24, 2.45) is 0 Å². The third-order valence-electron chi connectivity index (χ3n) is 7.47. The molecule has 0 saturated carbocycles. The van der Waals surface area contributed by atoms with Crippen LogP contribution in [-0.4, -0.2) is 48.0 Å². The van der Waals surface area contributed by atoms with E-state index in [9.17, 15) is 10.1 Å². The number of H-pyrrole nitrogens is 1. The lowest BCUT2D eigenvalue weighted by Gasteiger charge is -2.39. The first-order valence-electron chi connectivity index (χ1n) is 11.2. The summed E-state index contributed by atoms with van der Waals surface area (Å²) in [4.78, 5) is 19.7. The summed E-state index contributed by atoms with van der Waals surface area (Å²) in [6.45, 7) is 7.98. The van der Waals surface area contributed by atoms with Crippen LogP contribution < -0.4 is 0 Å². The Morgan fingerprint density at radius 3 is 2.72 bits per heavy atom. The van der Waals surface area contributed by atoms with Crippen LogP contribution in [0.15, 0.2) is 42.5 Å². The van der Waals surface area contributed by atoms with Crippen molar-refractivity contribution in [2.75, 3.05) is 26.3 Å². The molecule has 0 bridgehead atoms. The number of carbonyl (C=O) groups excluding carboxylic acids is 1. The molecule has 2 aromatic carbocycles. The van der Waals surface area contributed by atoms with Gasteiger partial charge in [0.25, 0.3) is 0 Å². The number of rotatable bonds is 2. The third kappa shape index (κ3) is 2.73. The van der Waals surface area contributed by atoms with E-state index in [-0.39, 0.29) is 11.2 Å². The highest BCUT2D eigenvalue weighted by Crippen LogP contribution is 2.44. The van der Waals surface area contributed by atoms with E-state index in [0.717, 1.165) is 71.6 Å². The summed E-state index contributed by atoms with van der Waals surface area (Å²) >= 11 is 0. The van der Waals surface area contributed by atoms with E-state index >= 15 is 0 Å². The molecule has 160 valence electrons. The molecule has 1 saturated heterocycles. The lowest BCUT2D eigenvalue weighted by molar-refractivity contribution is -0.0612. The molecule has 2 aliphatic heterocycles. The van der Waals surface area contributed by atoms with Crippen molar-refractivity contribution in [1.82, 2.24) is 9.88 Å². The van der Waals surface area contributed by atoms with Crippen molar-refractivity contribution in [1.29, 1.82) is 5.26 Å². The lowest BCUT2D eigenvalue weighted by atomic mass is 9.70. The Bertz CT molecular complexity index is 1350. The monoisotopic (exact) mass is 423 g/mol. The molecular weight excluding hydrogens is 398 g/mol. The molecular formula is C27H25N3O2. The average molecular weight is 424 g/mol. The number of aromatic nitrogens is 1. The van der Waals surface area contributed by atoms with Gasteiger partial charge in [-0.1, -0.05) is 38.1 Å². The summed E-state index contributed by atoms with van der Waals surface area (Å²) in [6, 6.07) is 14.7. The second-order valence-corrected chi connectivity index (χ2v) is 9.63. The third-order valence-corrected chi connectivity index (χ3v) is 7.47. The van der Waals surface area contributed by atoms with Crippen molar-refractivity contribution in [2.45, 2.75) is 31.7 Å². The fraction of sp³-hybridized carbons (Fsp3) is 0.333. The van der Waals surface area contributed by atoms with E-state index < -0.39 is 0 Å². The highest BCUT2D eigenvalue weighted by Gasteiger charge is 2.40. The number of benzene rings is 2. The Hall–Kier alpha value is -3.20. The summed E-state index contributed by atoms with van der Waals surface area (Å²) in [5.41, 5.74) is 7.09. The second kappa shape index (κ2) is 6.90. The number of fused-ring (bicyclic) bond motifs is 4. The normalized spacial score (nSPS) is 20.3. The molecule has 6 rings (SSSR count). The van der Waals surface area contributed by atoms with E-state index in [2.05, 4.69) is 54.1 Å². The number of aromatic amines is 1. The van der Waals surface area contributed by atoms with Crippen LogP contribution in [0.4, 0.5) is 0 Å². The number of nitrogens with one attached hydrogen (secondary N) is 1. The molecule has 1 fully saturated rings. The maximum atomic E-state index is 13.7. The maximum absolute atomic E-state index is 13.7. The van der Waals surface area contributed by atoms with E-state index in [1.165, 1.54) is 5.57 Å². The SMILES string of the molecule is CC1(C)c2ccc(C3=CCN(C4COC4)CC3)cc2C(=O)c2c1[nH]c1cc(C#N)ccc21. The number of ketones is 1. The molecule has 0 spiro atoms. The molecule has 32 heavy (non-hydrogen) atoms. The van der Waals surface area contributed by atoms with E-state index in [1.807, 2.05) is 12.1 Å². The number of nitrogens with zero attached hydrogens (tertiary/aromatic N) is 2. The van der Waals surface area contributed by atoms with Crippen LogP contribution in [-0.2, 0) is 10.2 Å². The van der Waals surface area contributed by atoms with Gasteiger partial charge in [-0.2, -0.15) is 5.26 Å². The first kappa shape index (κ1) is 19.5. The summed E-state index contributed by atoms with van der Waals surface area (Å²) in [5.74, 6) is 0.0665. The zero-order valence-corrected chi connectivity index (χ0v) is 18.4. The number of ether oxygens (including phenoxy) is 1. The van der Waals surface area contributed by atoms with Crippen LogP contribution >= 0.6 is 0 Å². The minimum absolute atomic E-state index is 0.0665. The Labute approximate surface area is 187 Å². The molecule has 5 heteroatoms. The van der Waals surface area contributed by atoms with Crippen LogP contribution in [0.25, 0.3) is 16.5 Å². The number of hydrogen-bond donors (Lipinski definition) is 1. The lowest BCUT2D eigenvalue weighted by Crippen LogP contribution is -2.50. The van der Waals surface area contributed by atoms with Crippen LogP contribution in [0.5, 0.6) is 0 Å². The average Bonchev–Trinajstić information content (AvgIpc) is 3.17. The summed E-state index contributed by atoms with van der Waals surface area (Å²) in [6.07, 6.45) is 3.30. The molecule has 0 radical (unpaired) electrons. The molecule has 1 N–H and O–H groups in total. The molecule has 3 aromatic rings. The van der Waals surface area contributed by atoms with E-state index in [4.69, 9.17) is 4.74 Å². The zero-order valence-electron chi connectivity index (χ0n) is 18.4. The van der Waals surface area contributed by atoms with Gasteiger partial charge in [-0.3, -0.25) is 9.69 Å². The maximum Gasteiger partial charge on any atom is 0.195 e. The highest BCUT2D eigenvalue weighted by molar-refractivity contribution is 6.20. The predicted octanol–water partition coefficient (Wildman–Crippen LogP) is 4.40. The van der Waals surface area contributed by atoms with Gasteiger partial charge in [-0.25, -0.2) is 0 Å². The molecule has 3 heterocycles. The van der Waals surface area contributed by atoms with Gasteiger partial charge in [-0.15, -0.1) is 0 Å². The van der Waals surface area contributed by atoms with E-state index in [1.54, 1.807) is 6.07 Å². The van der Waals surface area contributed by atoms with Gasteiger partial charge in [0.2, 0.25) is 0 Å². The smallest absolute Gasteiger partial charge is 0.195 e. The Morgan fingerprint density at radius 2 is 2.03 bits per heavy atom. The quantitative estimate of drug-likeness (QED) is 0.663. The predicted molar refractivity (Wildman–Crippen MR) is 124 cm³/mol. The van der Waals surface area contributed by atoms with Gasteiger partial charge >= 0.3 is 0 Å². The van der Waals surface area contributed by atoms with Gasteiger partial charge < -0.3 is 9.72 Å². The molecule has 0 amide bonds. The fourth-order valence-electron chi connectivity index (χ4n) is 5.43. The van der Waals surface area contributed by atoms with Crippen molar-refractivity contribution in [3.63, 3.8) is 0 Å². The fourth-order valence-corrected chi connectivity index (χ4v) is 5.43. The van der Waals surface area contributed by atoms with Gasteiger partial charge in [0.05, 0.1) is 36.5 Å². The number of hydrogen-bond acceptors (Lipinski definition) is 4. The standard InChI is InChI=1S/C27H25N3O2/c1-27(2)22-6-4-18(17-7-9-30(10-8-17)19-14-32-15-19)12-21(22)25(31)24-20-5-3-16(13-28)11-23(20)29-26(24)27/h3-7,11-12,19,29H,8-10,14-15H2,1-2H3. The first-order valence-corrected chi connectivity index (χ1v) is 11.2. The molecule has 1 aromatic heterocycles. The zero-order chi connectivity index (χ0) is 22.0. The molecule has 0 unspecified atom stereocenters. The number of carbonyl (C=O) groups is 1. The van der Waals surface area contributed by atoms with Gasteiger partial charge in [0.1, 0.15) is 0 Å². The van der Waals surface area contributed by atoms with Crippen molar-refractivity contribution in [3.8, 4) is 6.07 Å². The van der Waals surface area contributed by atoms with Crippen LogP contribution in [0, 0.1) is 11.3 Å². The second-order valence-electron chi connectivity index (χ2n) is 9.63. The molecule has 3 aliphatic rings. The largest absolute Gasteiger partial charge is 0.378 e. The summed E-state index contributed by atoms with van der Waals surface area (Å²) in [7, 11) is 0. The molecule has 5 nitrogen and oxygen atoms in total. The summed E-state index contributed by atoms with van der Waals surface area (Å²) < 4.78 is 5.34. The molecule has 0 atom stereocenters.